The van der Waals surface area contributed by atoms with Gasteiger partial charge in [0.25, 0.3) is 5.91 Å². The molecular weight excluding hydrogens is 335 g/mol. The quantitative estimate of drug-likeness (QED) is 0.907. The molecule has 0 saturated carbocycles. The van der Waals surface area contributed by atoms with Crippen LogP contribution in [0.3, 0.4) is 0 Å². The molecule has 0 aliphatic carbocycles. The Morgan fingerprint density at radius 2 is 2.05 bits per heavy atom. The normalized spacial score (nSPS) is 20.2. The smallest absolute Gasteiger partial charge is 0.251 e. The van der Waals surface area contributed by atoms with Gasteiger partial charge in [-0.15, -0.1) is 0 Å². The summed E-state index contributed by atoms with van der Waals surface area (Å²) in [6.45, 7) is 0.796. The highest BCUT2D eigenvalue weighted by Gasteiger charge is 2.27. The van der Waals surface area contributed by atoms with Gasteiger partial charge < -0.3 is 5.32 Å². The summed E-state index contributed by atoms with van der Waals surface area (Å²) in [5.41, 5.74) is 0.404. The molecule has 1 saturated heterocycles. The first-order chi connectivity index (χ1) is 9.77. The van der Waals surface area contributed by atoms with Gasteiger partial charge in [-0.25, -0.2) is 12.7 Å². The van der Waals surface area contributed by atoms with Crippen molar-refractivity contribution in [3.05, 3.63) is 33.8 Å². The van der Waals surface area contributed by atoms with Crippen LogP contribution >= 0.6 is 23.2 Å². The second-order valence-corrected chi connectivity index (χ2v) is 7.86. The minimum atomic E-state index is -3.23. The van der Waals surface area contributed by atoms with Crippen molar-refractivity contribution in [2.45, 2.75) is 18.9 Å². The third-order valence-electron chi connectivity index (χ3n) is 3.37. The van der Waals surface area contributed by atoms with E-state index in [4.69, 9.17) is 23.2 Å². The highest BCUT2D eigenvalue weighted by Crippen LogP contribution is 2.23. The number of nitrogens with one attached hydrogen (secondary N) is 1. The van der Waals surface area contributed by atoms with Gasteiger partial charge in [-0.2, -0.15) is 0 Å². The monoisotopic (exact) mass is 350 g/mol. The van der Waals surface area contributed by atoms with Gasteiger partial charge in [-0.05, 0) is 31.0 Å². The fraction of sp³-hybridized carbons (Fsp3) is 0.462. The molecule has 1 atom stereocenters. The summed E-state index contributed by atoms with van der Waals surface area (Å²) in [5, 5.41) is 3.53. The van der Waals surface area contributed by atoms with Crippen molar-refractivity contribution in [2.24, 2.45) is 0 Å². The Kier molecular flexibility index (Phi) is 5.14. The van der Waals surface area contributed by atoms with Crippen molar-refractivity contribution in [2.75, 3.05) is 19.3 Å². The van der Waals surface area contributed by atoms with E-state index >= 15 is 0 Å². The highest BCUT2D eigenvalue weighted by atomic mass is 35.5. The van der Waals surface area contributed by atoms with E-state index in [1.807, 2.05) is 0 Å². The Labute approximate surface area is 134 Å². The molecule has 2 rings (SSSR count). The Morgan fingerprint density at radius 1 is 1.33 bits per heavy atom. The van der Waals surface area contributed by atoms with Crippen LogP contribution in [0.25, 0.3) is 0 Å². The van der Waals surface area contributed by atoms with Crippen LogP contribution in [0.2, 0.25) is 10.0 Å². The SMILES string of the molecule is CS(=O)(=O)N1CCCC(NC(=O)c2ccc(Cl)c(Cl)c2)C1. The van der Waals surface area contributed by atoms with E-state index in [2.05, 4.69) is 5.32 Å². The minimum Gasteiger partial charge on any atom is -0.348 e. The van der Waals surface area contributed by atoms with Gasteiger partial charge in [0, 0.05) is 24.7 Å². The lowest BCUT2D eigenvalue weighted by Gasteiger charge is -2.31. The topological polar surface area (TPSA) is 66.5 Å². The van der Waals surface area contributed by atoms with Crippen molar-refractivity contribution in [1.29, 1.82) is 0 Å². The number of piperidine rings is 1. The van der Waals surface area contributed by atoms with E-state index in [1.165, 1.54) is 16.6 Å². The number of carbonyl (C=O) groups is 1. The molecule has 1 unspecified atom stereocenters. The molecular formula is C13H16Cl2N2O3S. The zero-order chi connectivity index (χ0) is 15.6. The van der Waals surface area contributed by atoms with Crippen molar-refractivity contribution in [3.63, 3.8) is 0 Å². The summed E-state index contributed by atoms with van der Waals surface area (Å²) in [6, 6.07) is 4.44. The van der Waals surface area contributed by atoms with Crippen LogP contribution in [0, 0.1) is 0 Å². The van der Waals surface area contributed by atoms with Gasteiger partial charge in [-0.3, -0.25) is 4.79 Å². The molecule has 5 nitrogen and oxygen atoms in total. The van der Waals surface area contributed by atoms with Crippen LogP contribution in [0.4, 0.5) is 0 Å². The van der Waals surface area contributed by atoms with Crippen LogP contribution in [0.1, 0.15) is 23.2 Å². The Bertz CT molecular complexity index is 649. The van der Waals surface area contributed by atoms with Gasteiger partial charge in [-0.1, -0.05) is 23.2 Å². The van der Waals surface area contributed by atoms with E-state index in [1.54, 1.807) is 12.1 Å². The lowest BCUT2D eigenvalue weighted by atomic mass is 10.1. The summed E-state index contributed by atoms with van der Waals surface area (Å²) in [7, 11) is -3.23. The molecule has 0 spiro atoms. The number of rotatable bonds is 3. The van der Waals surface area contributed by atoms with Gasteiger partial charge in [0.1, 0.15) is 0 Å². The van der Waals surface area contributed by atoms with E-state index in [0.717, 1.165) is 12.8 Å². The van der Waals surface area contributed by atoms with Gasteiger partial charge in [0.2, 0.25) is 10.0 Å². The fourth-order valence-electron chi connectivity index (χ4n) is 2.27. The van der Waals surface area contributed by atoms with Crippen LogP contribution < -0.4 is 5.32 Å². The molecule has 1 aliphatic rings. The second-order valence-electron chi connectivity index (χ2n) is 5.06. The molecule has 1 amide bonds. The van der Waals surface area contributed by atoms with Crippen molar-refractivity contribution in [3.8, 4) is 0 Å². The summed E-state index contributed by atoms with van der Waals surface area (Å²) >= 11 is 11.7. The van der Waals surface area contributed by atoms with Crippen LogP contribution in [0.15, 0.2) is 18.2 Å². The third-order valence-corrected chi connectivity index (χ3v) is 5.38. The molecule has 0 radical (unpaired) electrons. The number of carbonyl (C=O) groups excluding carboxylic acids is 1. The summed E-state index contributed by atoms with van der Waals surface area (Å²) in [6.07, 6.45) is 2.65. The maximum absolute atomic E-state index is 12.2. The number of sulfonamides is 1. The fourth-order valence-corrected chi connectivity index (χ4v) is 3.48. The maximum Gasteiger partial charge on any atom is 0.251 e. The number of hydrogen-bond donors (Lipinski definition) is 1. The molecule has 1 aromatic rings. The zero-order valence-electron chi connectivity index (χ0n) is 11.5. The first-order valence-electron chi connectivity index (χ1n) is 6.48. The van der Waals surface area contributed by atoms with E-state index < -0.39 is 10.0 Å². The largest absolute Gasteiger partial charge is 0.348 e. The number of nitrogens with zero attached hydrogens (tertiary/aromatic N) is 1. The number of halogens is 2. The van der Waals surface area contributed by atoms with E-state index in [9.17, 15) is 13.2 Å². The minimum absolute atomic E-state index is 0.199. The first kappa shape index (κ1) is 16.5. The molecule has 1 N–H and O–H groups in total. The summed E-state index contributed by atoms with van der Waals surface area (Å²) in [4.78, 5) is 12.2. The van der Waals surface area contributed by atoms with Crippen LogP contribution in [-0.4, -0.2) is 44.0 Å². The Balaban J connectivity index is 2.03. The van der Waals surface area contributed by atoms with Crippen molar-refractivity contribution >= 4 is 39.1 Å². The molecule has 1 fully saturated rings. The van der Waals surface area contributed by atoms with Crippen LogP contribution in [0.5, 0.6) is 0 Å². The lowest BCUT2D eigenvalue weighted by molar-refractivity contribution is 0.0921. The van der Waals surface area contributed by atoms with Gasteiger partial charge in [0.15, 0.2) is 0 Å². The van der Waals surface area contributed by atoms with Crippen molar-refractivity contribution < 1.29 is 13.2 Å². The average Bonchev–Trinajstić information content (AvgIpc) is 2.41. The molecule has 8 heteroatoms. The maximum atomic E-state index is 12.2. The average molecular weight is 351 g/mol. The molecule has 1 aromatic carbocycles. The Morgan fingerprint density at radius 3 is 2.67 bits per heavy atom. The predicted molar refractivity (Wildman–Crippen MR) is 83.4 cm³/mol. The molecule has 0 bridgehead atoms. The summed E-state index contributed by atoms with van der Waals surface area (Å²) < 4.78 is 24.5. The Hall–Kier alpha value is -0.820. The second kappa shape index (κ2) is 6.52. The third kappa shape index (κ3) is 4.32. The number of amides is 1. The lowest BCUT2D eigenvalue weighted by Crippen LogP contribution is -2.49. The van der Waals surface area contributed by atoms with Gasteiger partial charge >= 0.3 is 0 Å². The predicted octanol–water partition coefficient (Wildman–Crippen LogP) is 2.15. The molecule has 1 heterocycles. The number of hydrogen-bond acceptors (Lipinski definition) is 3. The molecule has 1 aliphatic heterocycles. The highest BCUT2D eigenvalue weighted by molar-refractivity contribution is 7.88. The van der Waals surface area contributed by atoms with E-state index in [-0.39, 0.29) is 11.9 Å². The molecule has 116 valence electrons. The van der Waals surface area contributed by atoms with Crippen LogP contribution in [-0.2, 0) is 10.0 Å². The zero-order valence-corrected chi connectivity index (χ0v) is 13.8. The summed E-state index contributed by atoms with van der Waals surface area (Å²) in [5.74, 6) is -0.283. The number of benzene rings is 1. The first-order valence-corrected chi connectivity index (χ1v) is 9.09. The van der Waals surface area contributed by atoms with E-state index in [0.29, 0.717) is 28.7 Å². The standard InChI is InChI=1S/C13H16Cl2N2O3S/c1-21(19,20)17-6-2-3-10(8-17)16-13(18)9-4-5-11(14)12(15)7-9/h4-5,7,10H,2-3,6,8H2,1H3,(H,16,18). The molecule has 21 heavy (non-hydrogen) atoms. The molecule has 0 aromatic heterocycles. The van der Waals surface area contributed by atoms with Crippen molar-refractivity contribution in [1.82, 2.24) is 9.62 Å². The van der Waals surface area contributed by atoms with Gasteiger partial charge in [0.05, 0.1) is 16.3 Å².